The van der Waals surface area contributed by atoms with Crippen LogP contribution in [0.3, 0.4) is 0 Å². The zero-order chi connectivity index (χ0) is 63.3. The SMILES string of the molecule is CCCCC/C=C\C=C/CCCCCCCCCCCCC(=O)NC(COC1OC(CO)C(OC2OC(CO)C(O)C(OC3(C(=O)O)CC(O)C(NC(C)=O)C(C(O)C(O)CO)O3)C2O)C(O)C1O)C(O)/C=C/CCCCCCCCCCCCC. The summed E-state index contributed by atoms with van der Waals surface area (Å²) in [5, 5.41) is 136. The second-order valence-corrected chi connectivity index (χ2v) is 23.7. The number of nitrogens with one attached hydrogen (secondary N) is 2. The van der Waals surface area contributed by atoms with Crippen LogP contribution in [0.1, 0.15) is 207 Å². The van der Waals surface area contributed by atoms with E-state index >= 15 is 0 Å². The number of aliphatic hydroxyl groups is 11. The van der Waals surface area contributed by atoms with Gasteiger partial charge in [-0.2, -0.15) is 0 Å². The van der Waals surface area contributed by atoms with Gasteiger partial charge in [-0.25, -0.2) is 4.79 Å². The minimum absolute atomic E-state index is 0.195. The number of allylic oxidation sites excluding steroid dienone is 5. The van der Waals surface area contributed by atoms with Crippen LogP contribution >= 0.6 is 0 Å². The molecule has 3 heterocycles. The lowest BCUT2D eigenvalue weighted by molar-refractivity contribution is -0.386. The molecule has 0 aromatic heterocycles. The lowest BCUT2D eigenvalue weighted by atomic mass is 9.88. The van der Waals surface area contributed by atoms with Crippen LogP contribution < -0.4 is 10.6 Å². The van der Waals surface area contributed by atoms with Crippen LogP contribution in [0.2, 0.25) is 0 Å². The highest BCUT2D eigenvalue weighted by Crippen LogP contribution is 2.38. The molecule has 3 aliphatic heterocycles. The number of unbranched alkanes of at least 4 members (excludes halogenated alkanes) is 24. The van der Waals surface area contributed by atoms with Gasteiger partial charge in [0.2, 0.25) is 11.8 Å². The largest absolute Gasteiger partial charge is 0.477 e. The molecule has 0 saturated carbocycles. The number of amides is 2. The van der Waals surface area contributed by atoms with E-state index in [0.717, 1.165) is 64.7 Å². The Morgan fingerprint density at radius 3 is 1.64 bits per heavy atom. The van der Waals surface area contributed by atoms with E-state index < -0.39 is 155 Å². The molecule has 23 nitrogen and oxygen atoms in total. The standard InChI is InChI=1S/C63H112N2O21/c1-4-6-8-10-12-14-16-18-19-20-21-22-23-25-27-29-31-33-35-37-50(73)65-44(45(70)36-34-32-30-28-26-24-17-15-13-11-9-7-5-2)42-81-60-55(77)54(76)57(49(41-68)83-60)84-61-56(78)59(53(75)48(40-67)82-61)86-63(62(79)80)38-46(71)51(64-43(3)69)58(85-63)52(74)47(72)39-66/h12,14,16,18,34,36,44-49,51-61,66-68,70-72,74-78H,4-11,13,15,17,19-33,35,37-42H2,1-3H3,(H,64,69)(H,65,73)(H,79,80)/b14-12-,18-16-,36-34+. The Labute approximate surface area is 510 Å². The predicted octanol–water partition coefficient (Wildman–Crippen LogP) is 4.28. The smallest absolute Gasteiger partial charge is 0.364 e. The summed E-state index contributed by atoms with van der Waals surface area (Å²) >= 11 is 0. The maximum absolute atomic E-state index is 13.4. The molecule has 18 atom stereocenters. The van der Waals surface area contributed by atoms with Crippen LogP contribution in [0.4, 0.5) is 0 Å². The van der Waals surface area contributed by atoms with Crippen LogP contribution in [0.5, 0.6) is 0 Å². The number of carboxylic acids is 1. The third kappa shape index (κ3) is 27.6. The van der Waals surface area contributed by atoms with Crippen molar-refractivity contribution in [3.8, 4) is 0 Å². The summed E-state index contributed by atoms with van der Waals surface area (Å²) in [5.74, 6) is -6.15. The van der Waals surface area contributed by atoms with Crippen molar-refractivity contribution in [1.29, 1.82) is 0 Å². The number of hydrogen-bond donors (Lipinski definition) is 14. The number of aliphatic hydroxyl groups excluding tert-OH is 11. The average molecular weight is 1230 g/mol. The van der Waals surface area contributed by atoms with Gasteiger partial charge in [-0.1, -0.05) is 179 Å². The molecule has 2 amide bonds. The first-order valence-corrected chi connectivity index (χ1v) is 32.4. The van der Waals surface area contributed by atoms with Crippen molar-refractivity contribution in [1.82, 2.24) is 10.6 Å². The zero-order valence-electron chi connectivity index (χ0n) is 51.7. The normalized spacial score (nSPS) is 29.6. The van der Waals surface area contributed by atoms with Crippen LogP contribution in [-0.4, -0.2) is 215 Å². The number of carbonyl (C=O) groups is 3. The highest BCUT2D eigenvalue weighted by Gasteiger charge is 2.60. The number of ether oxygens (including phenoxy) is 6. The first-order chi connectivity index (χ1) is 41.4. The Morgan fingerprint density at radius 1 is 0.616 bits per heavy atom. The fraction of sp³-hybridized carbons (Fsp3) is 0.857. The van der Waals surface area contributed by atoms with Crippen LogP contribution in [-0.2, 0) is 42.8 Å². The van der Waals surface area contributed by atoms with Crippen molar-refractivity contribution in [3.05, 3.63) is 36.5 Å². The maximum atomic E-state index is 13.4. The Bertz CT molecular complexity index is 1900. The van der Waals surface area contributed by atoms with Crippen LogP contribution in [0.25, 0.3) is 0 Å². The Morgan fingerprint density at radius 2 is 1.12 bits per heavy atom. The fourth-order valence-corrected chi connectivity index (χ4v) is 11.1. The van der Waals surface area contributed by atoms with E-state index in [1.165, 1.54) is 103 Å². The molecule has 14 N–H and O–H groups in total. The molecule has 18 unspecified atom stereocenters. The number of carboxylic acid groups (broad SMARTS) is 1. The molecule has 86 heavy (non-hydrogen) atoms. The highest BCUT2D eigenvalue weighted by molar-refractivity contribution is 5.77. The van der Waals surface area contributed by atoms with Crippen molar-refractivity contribution < 1.29 is 104 Å². The molecule has 0 bridgehead atoms. The van der Waals surface area contributed by atoms with Gasteiger partial charge < -0.3 is 100 Å². The van der Waals surface area contributed by atoms with Crippen molar-refractivity contribution in [2.45, 2.75) is 317 Å². The number of aliphatic carboxylic acids is 1. The lowest BCUT2D eigenvalue weighted by Crippen LogP contribution is -2.70. The zero-order valence-corrected chi connectivity index (χ0v) is 51.7. The minimum atomic E-state index is -3.08. The van der Waals surface area contributed by atoms with Crippen molar-refractivity contribution in [2.24, 2.45) is 0 Å². The molecule has 0 spiro atoms. The van der Waals surface area contributed by atoms with Gasteiger partial charge in [-0.3, -0.25) is 9.59 Å². The molecule has 0 aromatic rings. The highest BCUT2D eigenvalue weighted by atomic mass is 16.8. The molecule has 3 rings (SSSR count). The van der Waals surface area contributed by atoms with Gasteiger partial charge in [0.1, 0.15) is 67.1 Å². The first kappa shape index (κ1) is 77.2. The third-order valence-electron chi connectivity index (χ3n) is 16.3. The van der Waals surface area contributed by atoms with Crippen molar-refractivity contribution >= 4 is 17.8 Å². The topological polar surface area (TPSA) is 373 Å². The summed E-state index contributed by atoms with van der Waals surface area (Å²) in [4.78, 5) is 38.4. The van der Waals surface area contributed by atoms with Crippen LogP contribution in [0.15, 0.2) is 36.5 Å². The van der Waals surface area contributed by atoms with E-state index in [-0.39, 0.29) is 12.3 Å². The fourth-order valence-electron chi connectivity index (χ4n) is 11.1. The summed E-state index contributed by atoms with van der Waals surface area (Å²) in [5.41, 5.74) is 0. The van der Waals surface area contributed by atoms with Gasteiger partial charge in [-0.05, 0) is 44.9 Å². The van der Waals surface area contributed by atoms with E-state index in [1.54, 1.807) is 6.08 Å². The van der Waals surface area contributed by atoms with E-state index in [1.807, 2.05) is 6.08 Å². The van der Waals surface area contributed by atoms with Gasteiger partial charge >= 0.3 is 5.97 Å². The Balaban J connectivity index is 1.63. The summed E-state index contributed by atoms with van der Waals surface area (Å²) < 4.78 is 34.7. The van der Waals surface area contributed by atoms with E-state index in [2.05, 4.69) is 48.8 Å². The molecular weight excluding hydrogens is 1120 g/mol. The van der Waals surface area contributed by atoms with Crippen LogP contribution in [0, 0.1) is 0 Å². The number of hydrogen-bond acceptors (Lipinski definition) is 20. The monoisotopic (exact) mass is 1230 g/mol. The van der Waals surface area contributed by atoms with Gasteiger partial charge in [0.05, 0.1) is 50.7 Å². The molecule has 23 heteroatoms. The predicted molar refractivity (Wildman–Crippen MR) is 320 cm³/mol. The van der Waals surface area contributed by atoms with Crippen molar-refractivity contribution in [3.63, 3.8) is 0 Å². The van der Waals surface area contributed by atoms with E-state index in [9.17, 15) is 75.7 Å². The molecule has 0 aromatic carbocycles. The van der Waals surface area contributed by atoms with E-state index in [0.29, 0.717) is 12.8 Å². The summed E-state index contributed by atoms with van der Waals surface area (Å²) in [6, 6.07) is -2.62. The second kappa shape index (κ2) is 44.4. The first-order valence-electron chi connectivity index (χ1n) is 32.4. The summed E-state index contributed by atoms with van der Waals surface area (Å²) in [6.07, 6.45) is 13.4. The average Bonchev–Trinajstić information content (AvgIpc) is 2.74. The summed E-state index contributed by atoms with van der Waals surface area (Å²) in [6.45, 7) is 2.07. The Kier molecular flexibility index (Phi) is 39.9. The summed E-state index contributed by atoms with van der Waals surface area (Å²) in [7, 11) is 0. The Hall–Kier alpha value is -3.05. The third-order valence-corrected chi connectivity index (χ3v) is 16.3. The van der Waals surface area contributed by atoms with Gasteiger partial charge in [0, 0.05) is 19.8 Å². The molecule has 500 valence electrons. The number of carbonyl (C=O) groups excluding carboxylic acids is 2. The van der Waals surface area contributed by atoms with Gasteiger partial charge in [0.15, 0.2) is 12.6 Å². The van der Waals surface area contributed by atoms with Crippen molar-refractivity contribution in [2.75, 3.05) is 26.4 Å². The molecule has 3 fully saturated rings. The van der Waals surface area contributed by atoms with E-state index in [4.69, 9.17) is 28.4 Å². The molecule has 3 aliphatic rings. The minimum Gasteiger partial charge on any atom is -0.477 e. The molecule has 0 radical (unpaired) electrons. The number of rotatable bonds is 47. The molecule has 0 aliphatic carbocycles. The lowest BCUT2D eigenvalue weighted by Gasteiger charge is -2.50. The molecule has 3 saturated heterocycles. The van der Waals surface area contributed by atoms with Gasteiger partial charge in [-0.15, -0.1) is 0 Å². The van der Waals surface area contributed by atoms with Gasteiger partial charge in [0.25, 0.3) is 5.79 Å². The maximum Gasteiger partial charge on any atom is 0.364 e. The second-order valence-electron chi connectivity index (χ2n) is 23.7. The quantitative estimate of drug-likeness (QED) is 0.0230. The molecular formula is C63H112N2O21.